The number of ether oxygens (including phenoxy) is 1. The predicted octanol–water partition coefficient (Wildman–Crippen LogP) is 4.67. The third-order valence-corrected chi connectivity index (χ3v) is 4.28. The van der Waals surface area contributed by atoms with E-state index in [0.29, 0.717) is 6.10 Å². The quantitative estimate of drug-likeness (QED) is 0.520. The molecule has 2 heteroatoms. The summed E-state index contributed by atoms with van der Waals surface area (Å²) in [6, 6.07) is 1.48. The summed E-state index contributed by atoms with van der Waals surface area (Å²) in [7, 11) is 0. The predicted molar refractivity (Wildman–Crippen MR) is 83.6 cm³/mol. The lowest BCUT2D eigenvalue weighted by atomic mass is 9.87. The number of unbranched alkanes of at least 4 members (excludes halogenated alkanes) is 4. The van der Waals surface area contributed by atoms with E-state index in [0.717, 1.165) is 18.7 Å². The van der Waals surface area contributed by atoms with Crippen LogP contribution in [0.4, 0.5) is 0 Å². The molecule has 0 aromatic rings. The van der Waals surface area contributed by atoms with E-state index in [1.54, 1.807) is 0 Å². The average Bonchev–Trinajstić information content (AvgIpc) is 2.36. The van der Waals surface area contributed by atoms with Crippen molar-refractivity contribution in [1.29, 1.82) is 0 Å². The van der Waals surface area contributed by atoms with Gasteiger partial charge in [0.1, 0.15) is 0 Å². The molecule has 0 aromatic heterocycles. The Morgan fingerprint density at radius 3 is 2.00 bits per heavy atom. The maximum Gasteiger partial charge on any atom is 0.0604 e. The first-order chi connectivity index (χ1) is 9.30. The van der Waals surface area contributed by atoms with Crippen LogP contribution in [0.1, 0.15) is 85.0 Å². The number of hydrogen-bond acceptors (Lipinski definition) is 2. The molecule has 1 aliphatic carbocycles. The van der Waals surface area contributed by atoms with Gasteiger partial charge in [-0.05, 0) is 32.6 Å². The highest BCUT2D eigenvalue weighted by Gasteiger charge is 2.30. The minimum Gasteiger partial charge on any atom is -0.378 e. The van der Waals surface area contributed by atoms with Gasteiger partial charge < -0.3 is 10.1 Å². The zero-order chi connectivity index (χ0) is 13.9. The second-order valence-corrected chi connectivity index (χ2v) is 6.10. The van der Waals surface area contributed by atoms with Gasteiger partial charge in [0.15, 0.2) is 0 Å². The number of hydrogen-bond donors (Lipinski definition) is 1. The molecule has 0 atom stereocenters. The van der Waals surface area contributed by atoms with Gasteiger partial charge in [0.25, 0.3) is 0 Å². The molecular weight excluding hydrogens is 234 g/mol. The van der Waals surface area contributed by atoms with Gasteiger partial charge in [-0.2, -0.15) is 0 Å². The third kappa shape index (κ3) is 7.31. The highest BCUT2D eigenvalue weighted by Crippen LogP contribution is 2.25. The Balaban J connectivity index is 2.16. The van der Waals surface area contributed by atoms with Crippen LogP contribution < -0.4 is 5.32 Å². The summed E-state index contributed by atoms with van der Waals surface area (Å²) in [5.74, 6) is 0. The van der Waals surface area contributed by atoms with Gasteiger partial charge in [-0.15, -0.1) is 0 Å². The monoisotopic (exact) mass is 269 g/mol. The molecule has 0 amide bonds. The molecule has 0 aromatic carbocycles. The van der Waals surface area contributed by atoms with Gasteiger partial charge in [0, 0.05) is 18.7 Å². The Hall–Kier alpha value is -0.0800. The molecular formula is C17H35NO. The maximum atomic E-state index is 5.65. The number of rotatable bonds is 12. The van der Waals surface area contributed by atoms with Crippen molar-refractivity contribution in [1.82, 2.24) is 5.32 Å². The SMILES string of the molecule is CCCCCC(CCCCC)NC1CC(OCC)C1. The van der Waals surface area contributed by atoms with Gasteiger partial charge in [-0.25, -0.2) is 0 Å². The summed E-state index contributed by atoms with van der Waals surface area (Å²) < 4.78 is 5.65. The second kappa shape index (κ2) is 10.7. The summed E-state index contributed by atoms with van der Waals surface area (Å²) >= 11 is 0. The second-order valence-electron chi connectivity index (χ2n) is 6.10. The van der Waals surface area contributed by atoms with Crippen LogP contribution in [0.2, 0.25) is 0 Å². The van der Waals surface area contributed by atoms with Crippen molar-refractivity contribution in [3.05, 3.63) is 0 Å². The lowest BCUT2D eigenvalue weighted by molar-refractivity contribution is -0.0129. The van der Waals surface area contributed by atoms with Crippen LogP contribution in [-0.2, 0) is 4.74 Å². The van der Waals surface area contributed by atoms with Gasteiger partial charge in [0.05, 0.1) is 6.10 Å². The van der Waals surface area contributed by atoms with Crippen molar-refractivity contribution in [2.75, 3.05) is 6.61 Å². The zero-order valence-corrected chi connectivity index (χ0v) is 13.4. The molecule has 1 rings (SSSR count). The molecule has 19 heavy (non-hydrogen) atoms. The van der Waals surface area contributed by atoms with Crippen LogP contribution >= 0.6 is 0 Å². The standard InChI is InChI=1S/C17H35NO/c1-4-7-9-11-15(12-10-8-5-2)18-16-13-17(14-16)19-6-3/h15-18H,4-14H2,1-3H3. The zero-order valence-electron chi connectivity index (χ0n) is 13.4. The van der Waals surface area contributed by atoms with Crippen LogP contribution in [0.15, 0.2) is 0 Å². The van der Waals surface area contributed by atoms with E-state index in [1.165, 1.54) is 64.2 Å². The highest BCUT2D eigenvalue weighted by atomic mass is 16.5. The fourth-order valence-corrected chi connectivity index (χ4v) is 3.00. The lowest BCUT2D eigenvalue weighted by Gasteiger charge is -2.38. The fraction of sp³-hybridized carbons (Fsp3) is 1.00. The van der Waals surface area contributed by atoms with Gasteiger partial charge in [-0.3, -0.25) is 0 Å². The topological polar surface area (TPSA) is 21.3 Å². The average molecular weight is 269 g/mol. The molecule has 0 radical (unpaired) electrons. The summed E-state index contributed by atoms with van der Waals surface area (Å²) in [6.07, 6.45) is 13.9. The molecule has 0 bridgehead atoms. The van der Waals surface area contributed by atoms with Gasteiger partial charge >= 0.3 is 0 Å². The minimum atomic E-state index is 0.537. The molecule has 0 aliphatic heterocycles. The van der Waals surface area contributed by atoms with Crippen molar-refractivity contribution >= 4 is 0 Å². The van der Waals surface area contributed by atoms with Crippen molar-refractivity contribution in [2.45, 2.75) is 103 Å². The fourth-order valence-electron chi connectivity index (χ4n) is 3.00. The van der Waals surface area contributed by atoms with Crippen LogP contribution in [0.5, 0.6) is 0 Å². The van der Waals surface area contributed by atoms with E-state index in [2.05, 4.69) is 26.1 Å². The van der Waals surface area contributed by atoms with Crippen LogP contribution in [0, 0.1) is 0 Å². The van der Waals surface area contributed by atoms with Crippen LogP contribution in [-0.4, -0.2) is 24.8 Å². The molecule has 1 saturated carbocycles. The molecule has 0 heterocycles. The van der Waals surface area contributed by atoms with E-state index < -0.39 is 0 Å². The lowest BCUT2D eigenvalue weighted by Crippen LogP contribution is -2.49. The minimum absolute atomic E-state index is 0.537. The van der Waals surface area contributed by atoms with Crippen molar-refractivity contribution in [3.8, 4) is 0 Å². The molecule has 1 N–H and O–H groups in total. The van der Waals surface area contributed by atoms with Crippen LogP contribution in [0.25, 0.3) is 0 Å². The third-order valence-electron chi connectivity index (χ3n) is 4.28. The Labute approximate surface area is 120 Å². The molecule has 114 valence electrons. The first-order valence-corrected chi connectivity index (χ1v) is 8.67. The summed E-state index contributed by atoms with van der Waals surface area (Å²) in [5, 5.41) is 3.88. The Morgan fingerprint density at radius 2 is 1.53 bits per heavy atom. The van der Waals surface area contributed by atoms with E-state index in [4.69, 9.17) is 4.74 Å². The smallest absolute Gasteiger partial charge is 0.0604 e. The summed E-state index contributed by atoms with van der Waals surface area (Å²) in [4.78, 5) is 0. The molecule has 1 fully saturated rings. The highest BCUT2D eigenvalue weighted by molar-refractivity contribution is 4.88. The normalized spacial score (nSPS) is 22.7. The summed E-state index contributed by atoms with van der Waals surface area (Å²) in [5.41, 5.74) is 0. The van der Waals surface area contributed by atoms with Gasteiger partial charge in [-0.1, -0.05) is 52.4 Å². The molecule has 0 unspecified atom stereocenters. The maximum absolute atomic E-state index is 5.65. The molecule has 0 spiro atoms. The first kappa shape index (κ1) is 17.0. The number of nitrogens with one attached hydrogen (secondary N) is 1. The van der Waals surface area contributed by atoms with Crippen molar-refractivity contribution in [3.63, 3.8) is 0 Å². The molecule has 2 nitrogen and oxygen atoms in total. The van der Waals surface area contributed by atoms with Gasteiger partial charge in [0.2, 0.25) is 0 Å². The Bertz CT molecular complexity index is 191. The van der Waals surface area contributed by atoms with E-state index in [-0.39, 0.29) is 0 Å². The first-order valence-electron chi connectivity index (χ1n) is 8.67. The van der Waals surface area contributed by atoms with E-state index in [1.807, 2.05) is 0 Å². The summed E-state index contributed by atoms with van der Waals surface area (Å²) in [6.45, 7) is 7.54. The molecule has 0 saturated heterocycles. The molecule has 1 aliphatic rings. The van der Waals surface area contributed by atoms with E-state index >= 15 is 0 Å². The van der Waals surface area contributed by atoms with Crippen LogP contribution in [0.3, 0.4) is 0 Å². The van der Waals surface area contributed by atoms with Crippen molar-refractivity contribution < 1.29 is 4.74 Å². The largest absolute Gasteiger partial charge is 0.378 e. The van der Waals surface area contributed by atoms with E-state index in [9.17, 15) is 0 Å². The Morgan fingerprint density at radius 1 is 0.947 bits per heavy atom. The Kier molecular flexibility index (Phi) is 9.54. The van der Waals surface area contributed by atoms with Crippen molar-refractivity contribution in [2.24, 2.45) is 0 Å².